The van der Waals surface area contributed by atoms with E-state index in [1.54, 1.807) is 0 Å². The number of benzene rings is 2. The number of carbonyl (C=O) groups is 2. The van der Waals surface area contributed by atoms with Gasteiger partial charge in [-0.1, -0.05) is 61.8 Å². The normalized spacial score (nSPS) is 22.1. The molecule has 1 spiro atoms. The van der Waals surface area contributed by atoms with Gasteiger partial charge in [-0.25, -0.2) is 4.79 Å². The molecular weight excluding hydrogens is 522 g/mol. The second-order valence-electron chi connectivity index (χ2n) is 13.4. The molecule has 0 aromatic heterocycles. The maximum absolute atomic E-state index is 13.9. The number of carbonyl (C=O) groups excluding carboxylic acids is 2. The third-order valence-corrected chi connectivity index (χ3v) is 9.17. The van der Waals surface area contributed by atoms with Crippen LogP contribution < -0.4 is 0 Å². The summed E-state index contributed by atoms with van der Waals surface area (Å²) in [6.45, 7) is 13.6. The number of nitrogens with zero attached hydrogens (tertiary/aromatic N) is 3. The van der Waals surface area contributed by atoms with E-state index < -0.39 is 5.60 Å². The van der Waals surface area contributed by atoms with Crippen LogP contribution in [0.3, 0.4) is 0 Å². The number of halogens is 1. The highest BCUT2D eigenvalue weighted by molar-refractivity contribution is 6.30. The Morgan fingerprint density at radius 1 is 1.05 bits per heavy atom. The zero-order valence-electron chi connectivity index (χ0n) is 24.7. The quantitative estimate of drug-likeness (QED) is 0.390. The van der Waals surface area contributed by atoms with Crippen molar-refractivity contribution in [3.8, 4) is 0 Å². The molecule has 3 fully saturated rings. The second kappa shape index (κ2) is 11.4. The second-order valence-corrected chi connectivity index (χ2v) is 13.9. The molecule has 1 aliphatic carbocycles. The van der Waals surface area contributed by atoms with Crippen molar-refractivity contribution in [2.75, 3.05) is 26.2 Å². The van der Waals surface area contributed by atoms with E-state index in [0.29, 0.717) is 12.5 Å². The Kier molecular flexibility index (Phi) is 8.22. The molecule has 216 valence electrons. The van der Waals surface area contributed by atoms with Crippen molar-refractivity contribution in [1.29, 1.82) is 0 Å². The summed E-state index contributed by atoms with van der Waals surface area (Å²) in [5, 5.41) is 0.726. The van der Waals surface area contributed by atoms with Gasteiger partial charge < -0.3 is 14.5 Å². The molecule has 7 heteroatoms. The Hall–Kier alpha value is -2.57. The van der Waals surface area contributed by atoms with E-state index in [-0.39, 0.29) is 29.5 Å². The lowest BCUT2D eigenvalue weighted by Crippen LogP contribution is -2.62. The Bertz CT molecular complexity index is 1210. The number of piperidine rings is 1. The molecule has 2 aromatic rings. The van der Waals surface area contributed by atoms with Crippen molar-refractivity contribution in [2.45, 2.75) is 90.4 Å². The van der Waals surface area contributed by atoms with E-state index in [4.69, 9.17) is 16.3 Å². The van der Waals surface area contributed by atoms with Gasteiger partial charge in [-0.3, -0.25) is 9.69 Å². The van der Waals surface area contributed by atoms with Crippen molar-refractivity contribution in [1.82, 2.24) is 14.7 Å². The summed E-state index contributed by atoms with van der Waals surface area (Å²) in [5.41, 5.74) is 3.49. The fraction of sp³-hybridized carbons (Fsp3) is 0.576. The van der Waals surface area contributed by atoms with Crippen LogP contribution in [0.5, 0.6) is 0 Å². The fourth-order valence-electron chi connectivity index (χ4n) is 6.89. The minimum atomic E-state index is -0.481. The molecule has 40 heavy (non-hydrogen) atoms. The molecule has 2 saturated heterocycles. The smallest absolute Gasteiger partial charge is 0.410 e. The molecule has 0 radical (unpaired) electrons. The maximum Gasteiger partial charge on any atom is 0.410 e. The molecule has 3 aliphatic rings. The number of hydrogen-bond donors (Lipinski definition) is 0. The first-order valence-corrected chi connectivity index (χ1v) is 15.2. The van der Waals surface area contributed by atoms with Gasteiger partial charge in [-0.05, 0) is 86.6 Å². The van der Waals surface area contributed by atoms with Gasteiger partial charge >= 0.3 is 6.09 Å². The summed E-state index contributed by atoms with van der Waals surface area (Å²) >= 11 is 6.11. The number of piperazine rings is 1. The van der Waals surface area contributed by atoms with E-state index >= 15 is 0 Å². The summed E-state index contributed by atoms with van der Waals surface area (Å²) < 4.78 is 5.60. The topological polar surface area (TPSA) is 53.1 Å². The minimum Gasteiger partial charge on any atom is -0.444 e. The molecule has 1 atom stereocenters. The van der Waals surface area contributed by atoms with Crippen LogP contribution >= 0.6 is 11.6 Å². The average Bonchev–Trinajstić information content (AvgIpc) is 2.87. The first-order valence-electron chi connectivity index (χ1n) is 14.8. The Labute approximate surface area is 244 Å². The molecule has 2 aromatic carbocycles. The average molecular weight is 566 g/mol. The van der Waals surface area contributed by atoms with E-state index in [0.717, 1.165) is 56.9 Å². The predicted octanol–water partition coefficient (Wildman–Crippen LogP) is 7.03. The third-order valence-electron chi connectivity index (χ3n) is 8.92. The lowest BCUT2D eigenvalue weighted by atomic mass is 9.59. The van der Waals surface area contributed by atoms with Crippen molar-refractivity contribution in [3.63, 3.8) is 0 Å². The Morgan fingerprint density at radius 2 is 1.70 bits per heavy atom. The predicted molar refractivity (Wildman–Crippen MR) is 159 cm³/mol. The summed E-state index contributed by atoms with van der Waals surface area (Å²) in [6, 6.07) is 16.9. The lowest BCUT2D eigenvalue weighted by molar-refractivity contribution is -0.153. The van der Waals surface area contributed by atoms with Crippen LogP contribution in [0.4, 0.5) is 4.79 Å². The van der Waals surface area contributed by atoms with Gasteiger partial charge in [0.15, 0.2) is 0 Å². The van der Waals surface area contributed by atoms with Crippen molar-refractivity contribution < 1.29 is 14.3 Å². The first kappa shape index (κ1) is 28.9. The van der Waals surface area contributed by atoms with Gasteiger partial charge in [-0.2, -0.15) is 0 Å². The van der Waals surface area contributed by atoms with Crippen LogP contribution in [0.2, 0.25) is 5.02 Å². The highest BCUT2D eigenvalue weighted by atomic mass is 35.5. The lowest BCUT2D eigenvalue weighted by Gasteiger charge is -2.58. The number of rotatable bonds is 5. The van der Waals surface area contributed by atoms with Gasteiger partial charge in [0.25, 0.3) is 0 Å². The monoisotopic (exact) mass is 565 g/mol. The molecule has 6 nitrogen and oxygen atoms in total. The summed E-state index contributed by atoms with van der Waals surface area (Å²) in [4.78, 5) is 32.8. The minimum absolute atomic E-state index is 0.0244. The van der Waals surface area contributed by atoms with Gasteiger partial charge in [-0.15, -0.1) is 0 Å². The molecule has 1 saturated carbocycles. The van der Waals surface area contributed by atoms with Gasteiger partial charge in [0.2, 0.25) is 5.91 Å². The van der Waals surface area contributed by atoms with Crippen LogP contribution in [0, 0.1) is 5.41 Å². The summed E-state index contributed by atoms with van der Waals surface area (Å²) in [7, 11) is 0. The van der Waals surface area contributed by atoms with E-state index in [2.05, 4.69) is 60.0 Å². The standard InChI is InChI=1S/C33H44ClN3O3/c1-23(2)27-8-6-7-9-28(27)29-21-35(20-24-10-12-25(34)13-11-24)22-30(38)37(29)26-18-33(19-26)14-16-36(17-15-33)31(39)40-32(3,4)5/h6-13,23,26,29H,14-22H2,1-5H3/t29-/m0/s1. The number of hydrogen-bond acceptors (Lipinski definition) is 4. The molecule has 0 bridgehead atoms. The van der Waals surface area contributed by atoms with Crippen molar-refractivity contribution in [3.05, 3.63) is 70.2 Å². The van der Waals surface area contributed by atoms with E-state index in [1.807, 2.05) is 37.8 Å². The van der Waals surface area contributed by atoms with Crippen LogP contribution in [0.25, 0.3) is 0 Å². The largest absolute Gasteiger partial charge is 0.444 e. The Morgan fingerprint density at radius 3 is 2.33 bits per heavy atom. The van der Waals surface area contributed by atoms with Crippen LogP contribution in [0.15, 0.2) is 48.5 Å². The van der Waals surface area contributed by atoms with E-state index in [1.165, 1.54) is 16.7 Å². The summed E-state index contributed by atoms with van der Waals surface area (Å²) in [6.07, 6.45) is 3.76. The highest BCUT2D eigenvalue weighted by Gasteiger charge is 2.52. The molecule has 2 amide bonds. The molecule has 0 N–H and O–H groups in total. The van der Waals surface area contributed by atoms with E-state index in [9.17, 15) is 9.59 Å². The van der Waals surface area contributed by atoms with Crippen LogP contribution in [-0.4, -0.2) is 64.5 Å². The number of amides is 2. The molecular formula is C33H44ClN3O3. The van der Waals surface area contributed by atoms with Crippen LogP contribution in [-0.2, 0) is 16.1 Å². The van der Waals surface area contributed by atoms with Gasteiger partial charge in [0.05, 0.1) is 12.6 Å². The SMILES string of the molecule is CC(C)c1ccccc1[C@@H]1CN(Cc2ccc(Cl)cc2)CC(=O)N1C1CC2(CCN(C(=O)OC(C)(C)C)CC2)C1. The molecule has 5 rings (SSSR count). The van der Waals surface area contributed by atoms with Crippen LogP contribution in [0.1, 0.15) is 89.0 Å². The first-order chi connectivity index (χ1) is 18.9. The third kappa shape index (κ3) is 6.33. The zero-order chi connectivity index (χ0) is 28.7. The van der Waals surface area contributed by atoms with Crippen molar-refractivity contribution >= 4 is 23.6 Å². The van der Waals surface area contributed by atoms with Gasteiger partial charge in [0.1, 0.15) is 5.60 Å². The number of ether oxygens (including phenoxy) is 1. The molecule has 0 unspecified atom stereocenters. The molecule has 2 heterocycles. The zero-order valence-corrected chi connectivity index (χ0v) is 25.4. The number of likely N-dealkylation sites (tertiary alicyclic amines) is 1. The van der Waals surface area contributed by atoms with Gasteiger partial charge in [0, 0.05) is 37.2 Å². The molecule has 2 aliphatic heterocycles. The fourth-order valence-corrected chi connectivity index (χ4v) is 7.02. The highest BCUT2D eigenvalue weighted by Crippen LogP contribution is 2.53. The summed E-state index contributed by atoms with van der Waals surface area (Å²) in [5.74, 6) is 0.597. The Balaban J connectivity index is 1.31. The maximum atomic E-state index is 13.9. The van der Waals surface area contributed by atoms with Crippen molar-refractivity contribution in [2.24, 2.45) is 5.41 Å².